The Morgan fingerprint density at radius 3 is 2.83 bits per heavy atom. The number of hydrogen-bond acceptors (Lipinski definition) is 5. The molecule has 0 radical (unpaired) electrons. The second-order valence-corrected chi connectivity index (χ2v) is 6.07. The first-order chi connectivity index (χ1) is 11.6. The maximum absolute atomic E-state index is 5.59. The van der Waals surface area contributed by atoms with Crippen LogP contribution in [-0.2, 0) is 13.5 Å². The van der Waals surface area contributed by atoms with Crippen molar-refractivity contribution in [1.29, 1.82) is 0 Å². The highest BCUT2D eigenvalue weighted by Crippen LogP contribution is 2.34. The van der Waals surface area contributed by atoms with Gasteiger partial charge in [0.25, 0.3) is 0 Å². The maximum Gasteiger partial charge on any atom is 0.242 e. The number of hydrogen-bond donors (Lipinski definition) is 0. The van der Waals surface area contributed by atoms with E-state index < -0.39 is 0 Å². The molecule has 2 aromatic rings. The number of rotatable bonds is 5. The Morgan fingerprint density at radius 2 is 2.08 bits per heavy atom. The molecule has 0 fully saturated rings. The molecule has 0 saturated carbocycles. The number of ether oxygens (including phenoxy) is 1. The van der Waals surface area contributed by atoms with E-state index in [1.807, 2.05) is 18.5 Å². The van der Waals surface area contributed by atoms with Crippen LogP contribution in [0.2, 0.25) is 0 Å². The summed E-state index contributed by atoms with van der Waals surface area (Å²) < 4.78 is 7.40. The topological polar surface area (TPSA) is 55.0 Å². The predicted octanol–water partition coefficient (Wildman–Crippen LogP) is 4.32. The van der Waals surface area contributed by atoms with Gasteiger partial charge in [-0.25, -0.2) is 4.98 Å². The van der Waals surface area contributed by atoms with Crippen molar-refractivity contribution in [2.45, 2.75) is 33.6 Å². The minimum atomic E-state index is 0.520. The molecule has 2 heterocycles. The molecule has 128 valence electrons. The zero-order valence-electron chi connectivity index (χ0n) is 14.9. The van der Waals surface area contributed by atoms with Gasteiger partial charge in [-0.3, -0.25) is 0 Å². The number of fused-ring (bicyclic) bond motifs is 1. The van der Waals surface area contributed by atoms with E-state index >= 15 is 0 Å². The summed E-state index contributed by atoms with van der Waals surface area (Å²) >= 11 is 0. The molecule has 0 N–H and O–H groups in total. The lowest BCUT2D eigenvalue weighted by molar-refractivity contribution is 0.316. The third-order valence-electron chi connectivity index (χ3n) is 4.39. The highest BCUT2D eigenvalue weighted by atomic mass is 16.5. The number of nitrogens with zero attached hydrogens (tertiary/aromatic N) is 5. The van der Waals surface area contributed by atoms with E-state index in [1.54, 1.807) is 6.33 Å². The Morgan fingerprint density at radius 1 is 1.25 bits per heavy atom. The average Bonchev–Trinajstić information content (AvgIpc) is 2.93. The van der Waals surface area contributed by atoms with E-state index in [-0.39, 0.29) is 0 Å². The second kappa shape index (κ2) is 7.03. The molecule has 1 aromatic heterocycles. The SMILES string of the molecule is CCOc1c(N=Nc2cc3c(cc2C)N(CC)CCC3)ncn1C. The summed E-state index contributed by atoms with van der Waals surface area (Å²) in [6.07, 6.45) is 3.98. The number of aromatic nitrogens is 2. The van der Waals surface area contributed by atoms with E-state index in [4.69, 9.17) is 4.74 Å². The summed E-state index contributed by atoms with van der Waals surface area (Å²) in [5, 5.41) is 8.76. The summed E-state index contributed by atoms with van der Waals surface area (Å²) in [7, 11) is 1.89. The number of benzene rings is 1. The van der Waals surface area contributed by atoms with Gasteiger partial charge in [0, 0.05) is 25.8 Å². The molecule has 0 atom stereocenters. The lowest BCUT2D eigenvalue weighted by Gasteiger charge is -2.30. The van der Waals surface area contributed by atoms with Gasteiger partial charge in [-0.05, 0) is 56.9 Å². The Labute approximate surface area is 143 Å². The Bertz CT molecular complexity index is 750. The molecule has 0 aliphatic carbocycles. The van der Waals surface area contributed by atoms with Gasteiger partial charge in [-0.2, -0.15) is 0 Å². The molecule has 1 aliphatic heterocycles. The number of imidazole rings is 1. The summed E-state index contributed by atoms with van der Waals surface area (Å²) in [6.45, 7) is 8.98. The van der Waals surface area contributed by atoms with Crippen LogP contribution in [0.25, 0.3) is 0 Å². The van der Waals surface area contributed by atoms with Crippen LogP contribution in [-0.4, -0.2) is 29.2 Å². The van der Waals surface area contributed by atoms with Crippen molar-refractivity contribution in [2.24, 2.45) is 17.3 Å². The molecule has 0 bridgehead atoms. The van der Waals surface area contributed by atoms with Crippen LogP contribution in [0.5, 0.6) is 5.88 Å². The molecule has 0 unspecified atom stereocenters. The summed E-state index contributed by atoms with van der Waals surface area (Å²) in [5.41, 5.74) is 4.73. The second-order valence-electron chi connectivity index (χ2n) is 6.07. The van der Waals surface area contributed by atoms with Crippen LogP contribution < -0.4 is 9.64 Å². The van der Waals surface area contributed by atoms with Crippen molar-refractivity contribution in [2.75, 3.05) is 24.6 Å². The minimum Gasteiger partial charge on any atom is -0.476 e. The first-order valence-corrected chi connectivity index (χ1v) is 8.58. The van der Waals surface area contributed by atoms with E-state index in [1.165, 1.54) is 17.7 Å². The van der Waals surface area contributed by atoms with Gasteiger partial charge in [0.2, 0.25) is 11.7 Å². The number of aryl methyl sites for hydroxylation is 3. The first kappa shape index (κ1) is 16.5. The van der Waals surface area contributed by atoms with Gasteiger partial charge in [-0.1, -0.05) is 0 Å². The minimum absolute atomic E-state index is 0.520. The lowest BCUT2D eigenvalue weighted by atomic mass is 9.98. The largest absolute Gasteiger partial charge is 0.476 e. The molecule has 0 spiro atoms. The molecule has 24 heavy (non-hydrogen) atoms. The lowest BCUT2D eigenvalue weighted by Crippen LogP contribution is -2.28. The monoisotopic (exact) mass is 327 g/mol. The molecule has 1 aliphatic rings. The van der Waals surface area contributed by atoms with Crippen molar-refractivity contribution in [3.8, 4) is 5.88 Å². The van der Waals surface area contributed by atoms with Crippen LogP contribution in [0.3, 0.4) is 0 Å². The number of anilines is 1. The maximum atomic E-state index is 5.59. The summed E-state index contributed by atoms with van der Waals surface area (Å²) in [5.74, 6) is 1.17. The first-order valence-electron chi connectivity index (χ1n) is 8.58. The van der Waals surface area contributed by atoms with Gasteiger partial charge in [0.15, 0.2) is 0 Å². The van der Waals surface area contributed by atoms with Crippen LogP contribution in [0.15, 0.2) is 28.7 Å². The highest BCUT2D eigenvalue weighted by Gasteiger charge is 2.17. The van der Waals surface area contributed by atoms with Crippen molar-refractivity contribution in [1.82, 2.24) is 9.55 Å². The fraction of sp³-hybridized carbons (Fsp3) is 0.500. The van der Waals surface area contributed by atoms with Gasteiger partial charge in [0.05, 0.1) is 18.6 Å². The Kier molecular flexibility index (Phi) is 4.83. The van der Waals surface area contributed by atoms with Gasteiger partial charge < -0.3 is 14.2 Å². The van der Waals surface area contributed by atoms with E-state index in [9.17, 15) is 0 Å². The van der Waals surface area contributed by atoms with E-state index in [0.29, 0.717) is 18.3 Å². The van der Waals surface area contributed by atoms with E-state index in [0.717, 1.165) is 30.8 Å². The normalized spacial score (nSPS) is 14.2. The molecular weight excluding hydrogens is 302 g/mol. The molecule has 0 amide bonds. The van der Waals surface area contributed by atoms with Crippen molar-refractivity contribution in [3.05, 3.63) is 29.6 Å². The molecule has 6 heteroatoms. The molecule has 1 aromatic carbocycles. The molecular formula is C18H25N5O. The van der Waals surface area contributed by atoms with Crippen molar-refractivity contribution >= 4 is 17.2 Å². The highest BCUT2D eigenvalue weighted by molar-refractivity contribution is 5.64. The van der Waals surface area contributed by atoms with E-state index in [2.05, 4.69) is 46.1 Å². The number of azo groups is 1. The Balaban J connectivity index is 1.91. The zero-order valence-corrected chi connectivity index (χ0v) is 14.9. The molecule has 6 nitrogen and oxygen atoms in total. The summed E-state index contributed by atoms with van der Waals surface area (Å²) in [4.78, 5) is 6.69. The fourth-order valence-corrected chi connectivity index (χ4v) is 3.12. The van der Waals surface area contributed by atoms with Crippen LogP contribution >= 0.6 is 0 Å². The van der Waals surface area contributed by atoms with Crippen molar-refractivity contribution in [3.63, 3.8) is 0 Å². The predicted molar refractivity (Wildman–Crippen MR) is 95.9 cm³/mol. The van der Waals surface area contributed by atoms with Crippen LogP contribution in [0, 0.1) is 6.92 Å². The van der Waals surface area contributed by atoms with Gasteiger partial charge in [0.1, 0.15) is 0 Å². The fourth-order valence-electron chi connectivity index (χ4n) is 3.12. The molecule has 3 rings (SSSR count). The average molecular weight is 327 g/mol. The standard InChI is InChI=1S/C18H25N5O/c1-5-23-9-7-8-14-11-15(13(3)10-16(14)23)20-21-17-18(24-6-2)22(4)12-19-17/h10-12H,5-9H2,1-4H3. The third-order valence-corrected chi connectivity index (χ3v) is 4.39. The van der Waals surface area contributed by atoms with Crippen molar-refractivity contribution < 1.29 is 4.74 Å². The quantitative estimate of drug-likeness (QED) is 0.769. The molecule has 0 saturated heterocycles. The van der Waals surface area contributed by atoms with Crippen LogP contribution in [0.4, 0.5) is 17.2 Å². The smallest absolute Gasteiger partial charge is 0.242 e. The Hall–Kier alpha value is -2.37. The third kappa shape index (κ3) is 3.13. The van der Waals surface area contributed by atoms with Gasteiger partial charge >= 0.3 is 0 Å². The van der Waals surface area contributed by atoms with Crippen LogP contribution in [0.1, 0.15) is 31.4 Å². The zero-order chi connectivity index (χ0) is 17.1. The summed E-state index contributed by atoms with van der Waals surface area (Å²) in [6, 6.07) is 4.40. The van der Waals surface area contributed by atoms with Gasteiger partial charge in [-0.15, -0.1) is 10.2 Å².